The molecule has 0 spiro atoms. The van der Waals surface area contributed by atoms with Gasteiger partial charge < -0.3 is 9.47 Å². The Morgan fingerprint density at radius 2 is 1.63 bits per heavy atom. The van der Waals surface area contributed by atoms with E-state index in [1.165, 1.54) is 18.2 Å². The van der Waals surface area contributed by atoms with Crippen molar-refractivity contribution in [1.29, 1.82) is 0 Å². The molecule has 182 valence electrons. The van der Waals surface area contributed by atoms with E-state index in [-0.39, 0.29) is 11.6 Å². The quantitative estimate of drug-likeness (QED) is 0.265. The predicted molar refractivity (Wildman–Crippen MR) is 134 cm³/mol. The van der Waals surface area contributed by atoms with Gasteiger partial charge in [-0.2, -0.15) is 0 Å². The lowest BCUT2D eigenvalue weighted by molar-refractivity contribution is 0.353. The molecule has 0 saturated heterocycles. The first-order valence-electron chi connectivity index (χ1n) is 11.2. The summed E-state index contributed by atoms with van der Waals surface area (Å²) in [4.78, 5) is 4.71. The molecule has 4 aromatic rings. The number of methoxy groups -OCH3 is 2. The molecule has 0 saturated carbocycles. The van der Waals surface area contributed by atoms with E-state index in [9.17, 15) is 8.78 Å². The van der Waals surface area contributed by atoms with Gasteiger partial charge in [-0.05, 0) is 60.5 Å². The van der Waals surface area contributed by atoms with Crippen LogP contribution in [-0.4, -0.2) is 23.8 Å². The Bertz CT molecular complexity index is 1310. The molecule has 0 aliphatic heterocycles. The molecule has 1 heterocycles. The summed E-state index contributed by atoms with van der Waals surface area (Å²) in [6.07, 6.45) is 2.64. The van der Waals surface area contributed by atoms with E-state index in [1.54, 1.807) is 38.5 Å². The zero-order valence-corrected chi connectivity index (χ0v) is 20.9. The molecular weight excluding hydrogens is 470 g/mol. The minimum atomic E-state index is -0.505. The van der Waals surface area contributed by atoms with E-state index in [2.05, 4.69) is 13.8 Å². The summed E-state index contributed by atoms with van der Waals surface area (Å²) in [7, 11) is 3.20. The molecule has 3 aromatic carbocycles. The fourth-order valence-electron chi connectivity index (χ4n) is 4.27. The number of imidazole rings is 1. The standard InChI is InChI=1S/C28H27ClF2N2O2/c1-28(2,18-8-14-24(34-3)25(16-18)35-4)26-17-32-27(33(26)20-11-9-19(30)10-12-20)15-13-21-22(29)6-5-7-23(21)31/h5-12,14,16-17H,13,15H2,1-4H3. The topological polar surface area (TPSA) is 36.3 Å². The SMILES string of the molecule is COc1ccc(C(C)(C)c2cnc(CCc3c(F)cccc3Cl)n2-c2ccc(F)cc2)cc1OC. The third-order valence-electron chi connectivity index (χ3n) is 6.33. The van der Waals surface area contributed by atoms with Crippen LogP contribution in [0.1, 0.15) is 36.5 Å². The van der Waals surface area contributed by atoms with Gasteiger partial charge >= 0.3 is 0 Å². The summed E-state index contributed by atoms with van der Waals surface area (Å²) in [5.41, 5.74) is 2.59. The van der Waals surface area contributed by atoms with Gasteiger partial charge in [-0.1, -0.05) is 37.6 Å². The van der Waals surface area contributed by atoms with Crippen molar-refractivity contribution in [2.45, 2.75) is 32.1 Å². The second-order valence-electron chi connectivity index (χ2n) is 8.77. The van der Waals surface area contributed by atoms with E-state index in [4.69, 9.17) is 26.1 Å². The molecule has 0 radical (unpaired) electrons. The van der Waals surface area contributed by atoms with Crippen LogP contribution in [0.5, 0.6) is 11.5 Å². The highest BCUT2D eigenvalue weighted by Crippen LogP contribution is 2.38. The largest absolute Gasteiger partial charge is 0.493 e. The van der Waals surface area contributed by atoms with Crippen LogP contribution in [-0.2, 0) is 18.3 Å². The Balaban J connectivity index is 1.80. The Kier molecular flexibility index (Phi) is 7.13. The molecule has 1 aromatic heterocycles. The zero-order valence-electron chi connectivity index (χ0n) is 20.1. The molecule has 0 unspecified atom stereocenters. The minimum Gasteiger partial charge on any atom is -0.493 e. The maximum absolute atomic E-state index is 14.4. The van der Waals surface area contributed by atoms with Gasteiger partial charge in [-0.3, -0.25) is 4.57 Å². The molecule has 0 bridgehead atoms. The molecule has 7 heteroatoms. The highest BCUT2D eigenvalue weighted by molar-refractivity contribution is 6.31. The summed E-state index contributed by atoms with van der Waals surface area (Å²) < 4.78 is 41.0. The number of hydrogen-bond acceptors (Lipinski definition) is 3. The molecule has 0 amide bonds. The number of halogens is 3. The number of nitrogens with zero attached hydrogens (tertiary/aromatic N) is 2. The Morgan fingerprint density at radius 3 is 2.29 bits per heavy atom. The second kappa shape index (κ2) is 10.1. The Morgan fingerprint density at radius 1 is 0.914 bits per heavy atom. The van der Waals surface area contributed by atoms with Gasteiger partial charge in [0.25, 0.3) is 0 Å². The first-order valence-corrected chi connectivity index (χ1v) is 11.6. The van der Waals surface area contributed by atoms with Crippen molar-refractivity contribution in [1.82, 2.24) is 9.55 Å². The van der Waals surface area contributed by atoms with Gasteiger partial charge in [0.05, 0.1) is 19.9 Å². The van der Waals surface area contributed by atoms with E-state index in [0.717, 1.165) is 22.8 Å². The van der Waals surface area contributed by atoms with Crippen LogP contribution in [0.4, 0.5) is 8.78 Å². The fourth-order valence-corrected chi connectivity index (χ4v) is 4.52. The first-order chi connectivity index (χ1) is 16.8. The first kappa shape index (κ1) is 24.7. The van der Waals surface area contributed by atoms with E-state index < -0.39 is 5.41 Å². The monoisotopic (exact) mass is 496 g/mol. The maximum Gasteiger partial charge on any atom is 0.161 e. The Labute approximate surface area is 209 Å². The number of ether oxygens (including phenoxy) is 2. The van der Waals surface area contributed by atoms with Crippen LogP contribution in [0.25, 0.3) is 5.69 Å². The van der Waals surface area contributed by atoms with E-state index in [1.807, 2.05) is 29.0 Å². The average molecular weight is 497 g/mol. The third-order valence-corrected chi connectivity index (χ3v) is 6.68. The number of hydrogen-bond donors (Lipinski definition) is 0. The molecule has 0 atom stereocenters. The van der Waals surface area contributed by atoms with Crippen molar-refractivity contribution in [3.05, 3.63) is 106 Å². The summed E-state index contributed by atoms with van der Waals surface area (Å²) >= 11 is 6.25. The third kappa shape index (κ3) is 4.89. The normalized spacial score (nSPS) is 11.5. The lowest BCUT2D eigenvalue weighted by Gasteiger charge is -2.28. The molecule has 0 fully saturated rings. The van der Waals surface area contributed by atoms with Crippen LogP contribution in [0, 0.1) is 11.6 Å². The maximum atomic E-state index is 14.4. The minimum absolute atomic E-state index is 0.325. The van der Waals surface area contributed by atoms with E-state index >= 15 is 0 Å². The van der Waals surface area contributed by atoms with Crippen molar-refractivity contribution < 1.29 is 18.3 Å². The lowest BCUT2D eigenvalue weighted by atomic mass is 9.81. The fraction of sp³-hybridized carbons (Fsp3) is 0.250. The van der Waals surface area contributed by atoms with Crippen molar-refractivity contribution in [3.63, 3.8) is 0 Å². The average Bonchev–Trinajstić information content (AvgIpc) is 3.28. The number of aromatic nitrogens is 2. The second-order valence-corrected chi connectivity index (χ2v) is 9.17. The van der Waals surface area contributed by atoms with Crippen molar-refractivity contribution in [3.8, 4) is 17.2 Å². The van der Waals surface area contributed by atoms with E-state index in [0.29, 0.717) is 34.9 Å². The summed E-state index contributed by atoms with van der Waals surface area (Å²) in [5, 5.41) is 0.385. The van der Waals surface area contributed by atoms with Crippen LogP contribution in [0.3, 0.4) is 0 Å². The predicted octanol–water partition coefficient (Wildman–Crippen LogP) is 6.93. The van der Waals surface area contributed by atoms with Crippen LogP contribution in [0.15, 0.2) is 66.9 Å². The van der Waals surface area contributed by atoms with Crippen LogP contribution in [0.2, 0.25) is 5.02 Å². The lowest BCUT2D eigenvalue weighted by Crippen LogP contribution is -2.23. The number of aryl methyl sites for hydroxylation is 1. The van der Waals surface area contributed by atoms with Crippen LogP contribution < -0.4 is 9.47 Å². The van der Waals surface area contributed by atoms with Gasteiger partial charge in [0.2, 0.25) is 0 Å². The van der Waals surface area contributed by atoms with Gasteiger partial charge in [0, 0.05) is 34.3 Å². The summed E-state index contributed by atoms with van der Waals surface area (Å²) in [6.45, 7) is 4.17. The van der Waals surface area contributed by atoms with Crippen molar-refractivity contribution >= 4 is 11.6 Å². The smallest absolute Gasteiger partial charge is 0.161 e. The molecule has 4 rings (SSSR count). The number of benzene rings is 3. The van der Waals surface area contributed by atoms with Crippen molar-refractivity contribution in [2.24, 2.45) is 0 Å². The summed E-state index contributed by atoms with van der Waals surface area (Å²) in [6, 6.07) is 16.7. The highest BCUT2D eigenvalue weighted by Gasteiger charge is 2.30. The molecule has 35 heavy (non-hydrogen) atoms. The zero-order chi connectivity index (χ0) is 25.2. The van der Waals surface area contributed by atoms with Crippen LogP contribution >= 0.6 is 11.6 Å². The molecule has 0 N–H and O–H groups in total. The molecule has 0 aliphatic rings. The van der Waals surface area contributed by atoms with Gasteiger partial charge in [-0.15, -0.1) is 0 Å². The Hall–Kier alpha value is -3.38. The molecule has 4 nitrogen and oxygen atoms in total. The van der Waals surface area contributed by atoms with Gasteiger partial charge in [0.1, 0.15) is 17.5 Å². The highest BCUT2D eigenvalue weighted by atomic mass is 35.5. The van der Waals surface area contributed by atoms with Gasteiger partial charge in [0.15, 0.2) is 11.5 Å². The molecule has 0 aliphatic carbocycles. The van der Waals surface area contributed by atoms with Crippen molar-refractivity contribution in [2.75, 3.05) is 14.2 Å². The number of rotatable bonds is 8. The molecular formula is C28H27ClF2N2O2. The summed E-state index contributed by atoms with van der Waals surface area (Å²) in [5.74, 6) is 1.32. The van der Waals surface area contributed by atoms with Gasteiger partial charge in [-0.25, -0.2) is 13.8 Å².